The number of hydrogen-bond donors (Lipinski definition) is 3. The first kappa shape index (κ1) is 11.3. The highest BCUT2D eigenvalue weighted by Crippen LogP contribution is 2.21. The third kappa shape index (κ3) is 3.12. The van der Waals surface area contributed by atoms with Gasteiger partial charge in [0.25, 0.3) is 0 Å². The molecule has 0 aliphatic heterocycles. The number of nitrogens with one attached hydrogen (secondary N) is 2. The highest BCUT2D eigenvalue weighted by atomic mass is 15.1. The molecule has 1 heterocycles. The van der Waals surface area contributed by atoms with Crippen LogP contribution < -0.4 is 16.4 Å². The Bertz CT molecular complexity index is 324. The molecule has 1 aromatic heterocycles. The van der Waals surface area contributed by atoms with E-state index in [9.17, 15) is 0 Å². The molecule has 0 bridgehead atoms. The monoisotopic (exact) mass is 207 g/mol. The molecule has 1 aromatic rings. The largest absolute Gasteiger partial charge is 0.393 e. The molecule has 5 heteroatoms. The van der Waals surface area contributed by atoms with Crippen LogP contribution in [0, 0.1) is 0 Å². The first-order valence-corrected chi connectivity index (χ1v) is 4.98. The van der Waals surface area contributed by atoms with E-state index in [-0.39, 0.29) is 0 Å². The third-order valence-electron chi connectivity index (χ3n) is 1.84. The Morgan fingerprint density at radius 1 is 1.40 bits per heavy atom. The van der Waals surface area contributed by atoms with Crippen LogP contribution in [-0.2, 0) is 0 Å². The van der Waals surface area contributed by atoms with Crippen molar-refractivity contribution in [1.29, 1.82) is 0 Å². The van der Waals surface area contributed by atoms with Gasteiger partial charge in [0.05, 0.1) is 0 Å². The molecule has 82 valence electrons. The van der Waals surface area contributed by atoms with Crippen LogP contribution in [0.25, 0.3) is 0 Å². The lowest BCUT2D eigenvalue weighted by Crippen LogP contribution is -2.10. The minimum absolute atomic E-state index is 0.549. The van der Waals surface area contributed by atoms with Gasteiger partial charge >= 0.3 is 0 Å². The number of nitrogens with two attached hydrogens (primary N) is 1. The molecule has 0 aliphatic rings. The SMILES string of the molecule is C=CCNc1ncnc(NCCC)c1N. The Morgan fingerprint density at radius 3 is 2.67 bits per heavy atom. The molecule has 0 amide bonds. The molecular weight excluding hydrogens is 190 g/mol. The molecule has 0 aromatic carbocycles. The van der Waals surface area contributed by atoms with Gasteiger partial charge < -0.3 is 16.4 Å². The molecule has 0 saturated carbocycles. The summed E-state index contributed by atoms with van der Waals surface area (Å²) >= 11 is 0. The zero-order chi connectivity index (χ0) is 11.1. The van der Waals surface area contributed by atoms with E-state index in [0.29, 0.717) is 23.9 Å². The van der Waals surface area contributed by atoms with Gasteiger partial charge in [-0.05, 0) is 6.42 Å². The van der Waals surface area contributed by atoms with Crippen LogP contribution in [0.15, 0.2) is 19.0 Å². The van der Waals surface area contributed by atoms with Gasteiger partial charge in [0, 0.05) is 13.1 Å². The van der Waals surface area contributed by atoms with Crippen molar-refractivity contribution in [2.45, 2.75) is 13.3 Å². The smallest absolute Gasteiger partial charge is 0.155 e. The quantitative estimate of drug-likeness (QED) is 0.616. The predicted molar refractivity (Wildman–Crippen MR) is 63.9 cm³/mol. The highest BCUT2D eigenvalue weighted by molar-refractivity contribution is 5.73. The van der Waals surface area contributed by atoms with E-state index in [0.717, 1.165) is 13.0 Å². The van der Waals surface area contributed by atoms with Crippen LogP contribution in [0.4, 0.5) is 17.3 Å². The second-order valence-electron chi connectivity index (χ2n) is 3.08. The van der Waals surface area contributed by atoms with Gasteiger partial charge in [-0.2, -0.15) is 0 Å². The van der Waals surface area contributed by atoms with Gasteiger partial charge in [-0.25, -0.2) is 9.97 Å². The summed E-state index contributed by atoms with van der Waals surface area (Å²) in [6.45, 7) is 7.18. The topological polar surface area (TPSA) is 75.9 Å². The average molecular weight is 207 g/mol. The van der Waals surface area contributed by atoms with Crippen molar-refractivity contribution in [3.63, 3.8) is 0 Å². The summed E-state index contributed by atoms with van der Waals surface area (Å²) in [7, 11) is 0. The number of anilines is 3. The van der Waals surface area contributed by atoms with Crippen LogP contribution in [0.3, 0.4) is 0 Å². The Balaban J connectivity index is 2.75. The zero-order valence-electron chi connectivity index (χ0n) is 8.95. The lowest BCUT2D eigenvalue weighted by atomic mass is 10.4. The number of hydrogen-bond acceptors (Lipinski definition) is 5. The summed E-state index contributed by atoms with van der Waals surface area (Å²) in [5, 5.41) is 6.18. The van der Waals surface area contributed by atoms with Gasteiger partial charge in [-0.15, -0.1) is 6.58 Å². The van der Waals surface area contributed by atoms with Crippen LogP contribution >= 0.6 is 0 Å². The Kier molecular flexibility index (Phi) is 4.40. The second kappa shape index (κ2) is 5.85. The van der Waals surface area contributed by atoms with Crippen molar-refractivity contribution in [3.8, 4) is 0 Å². The molecule has 0 unspecified atom stereocenters. The van der Waals surface area contributed by atoms with E-state index in [2.05, 4.69) is 34.1 Å². The molecule has 0 spiro atoms. The van der Waals surface area contributed by atoms with E-state index in [4.69, 9.17) is 5.73 Å². The van der Waals surface area contributed by atoms with E-state index < -0.39 is 0 Å². The lowest BCUT2D eigenvalue weighted by molar-refractivity contribution is 0.966. The number of aromatic nitrogens is 2. The van der Waals surface area contributed by atoms with Gasteiger partial charge in [0.15, 0.2) is 11.6 Å². The van der Waals surface area contributed by atoms with E-state index >= 15 is 0 Å². The summed E-state index contributed by atoms with van der Waals surface area (Å²) in [5.74, 6) is 1.32. The van der Waals surface area contributed by atoms with Crippen LogP contribution in [0.1, 0.15) is 13.3 Å². The molecule has 5 nitrogen and oxygen atoms in total. The van der Waals surface area contributed by atoms with Gasteiger partial charge in [0.2, 0.25) is 0 Å². The van der Waals surface area contributed by atoms with Crippen molar-refractivity contribution in [2.24, 2.45) is 0 Å². The summed E-state index contributed by atoms with van der Waals surface area (Å²) in [6.07, 6.45) is 4.26. The molecular formula is C10H17N5. The molecule has 1 rings (SSSR count). The Labute approximate surface area is 89.8 Å². The van der Waals surface area contributed by atoms with E-state index in [1.807, 2.05) is 0 Å². The molecule has 0 radical (unpaired) electrons. The Hall–Kier alpha value is -1.78. The molecule has 0 aliphatic carbocycles. The van der Waals surface area contributed by atoms with Crippen molar-refractivity contribution in [3.05, 3.63) is 19.0 Å². The van der Waals surface area contributed by atoms with Crippen LogP contribution in [0.5, 0.6) is 0 Å². The summed E-state index contributed by atoms with van der Waals surface area (Å²) in [5.41, 5.74) is 6.43. The van der Waals surface area contributed by atoms with Gasteiger partial charge in [0.1, 0.15) is 12.0 Å². The van der Waals surface area contributed by atoms with Gasteiger partial charge in [-0.1, -0.05) is 13.0 Å². The number of nitrogens with zero attached hydrogens (tertiary/aromatic N) is 2. The standard InChI is InChI=1S/C10H17N5/c1-3-5-12-9-8(11)10(13-6-4-2)15-7-14-9/h3,7H,1,4-6,11H2,2H3,(H2,12,13,14,15). The maximum Gasteiger partial charge on any atom is 0.155 e. The molecule has 0 saturated heterocycles. The summed E-state index contributed by atoms with van der Waals surface area (Å²) < 4.78 is 0. The van der Waals surface area contributed by atoms with E-state index in [1.165, 1.54) is 6.33 Å². The minimum Gasteiger partial charge on any atom is -0.393 e. The molecule has 4 N–H and O–H groups in total. The first-order chi connectivity index (χ1) is 7.29. The Morgan fingerprint density at radius 2 is 2.07 bits per heavy atom. The second-order valence-corrected chi connectivity index (χ2v) is 3.08. The fraction of sp³-hybridized carbons (Fsp3) is 0.400. The maximum absolute atomic E-state index is 5.88. The normalized spacial score (nSPS) is 9.67. The number of nitrogen functional groups attached to an aromatic ring is 1. The first-order valence-electron chi connectivity index (χ1n) is 4.98. The van der Waals surface area contributed by atoms with Gasteiger partial charge in [-0.3, -0.25) is 0 Å². The summed E-state index contributed by atoms with van der Waals surface area (Å²) in [6, 6.07) is 0. The van der Waals surface area contributed by atoms with E-state index in [1.54, 1.807) is 6.08 Å². The van der Waals surface area contributed by atoms with Crippen LogP contribution in [-0.4, -0.2) is 23.1 Å². The fourth-order valence-corrected chi connectivity index (χ4v) is 1.09. The summed E-state index contributed by atoms with van der Waals surface area (Å²) in [4.78, 5) is 8.12. The molecule has 15 heavy (non-hydrogen) atoms. The number of rotatable bonds is 6. The molecule has 0 atom stereocenters. The van der Waals surface area contributed by atoms with Crippen LogP contribution in [0.2, 0.25) is 0 Å². The lowest BCUT2D eigenvalue weighted by Gasteiger charge is -2.10. The molecule has 0 fully saturated rings. The third-order valence-corrected chi connectivity index (χ3v) is 1.84. The zero-order valence-corrected chi connectivity index (χ0v) is 8.95. The maximum atomic E-state index is 5.88. The van der Waals surface area contributed by atoms with Crippen molar-refractivity contribution in [2.75, 3.05) is 29.5 Å². The fourth-order valence-electron chi connectivity index (χ4n) is 1.09. The van der Waals surface area contributed by atoms with Crippen molar-refractivity contribution in [1.82, 2.24) is 9.97 Å². The van der Waals surface area contributed by atoms with Crippen molar-refractivity contribution < 1.29 is 0 Å². The predicted octanol–water partition coefficient (Wildman–Crippen LogP) is 1.48. The minimum atomic E-state index is 0.549. The highest BCUT2D eigenvalue weighted by Gasteiger charge is 2.05. The average Bonchev–Trinajstić information content (AvgIpc) is 2.26. The van der Waals surface area contributed by atoms with Crippen molar-refractivity contribution >= 4 is 17.3 Å².